The number of nitrogens with one attached hydrogen (secondary N) is 1. The molecule has 4 aromatic rings. The van der Waals surface area contributed by atoms with Crippen LogP contribution in [0.2, 0.25) is 0 Å². The second kappa shape index (κ2) is 17.4. The van der Waals surface area contributed by atoms with E-state index in [0.29, 0.717) is 29.8 Å². The summed E-state index contributed by atoms with van der Waals surface area (Å²) in [6.07, 6.45) is 1.77. The van der Waals surface area contributed by atoms with Gasteiger partial charge in [-0.3, -0.25) is 10.1 Å². The number of benzene rings is 3. The number of hydrogen-bond acceptors (Lipinski definition) is 10. The van der Waals surface area contributed by atoms with Gasteiger partial charge in [0.25, 0.3) is 5.91 Å². The van der Waals surface area contributed by atoms with E-state index in [1.165, 1.54) is 23.1 Å². The number of nitrogens with zero attached hydrogens (tertiary/aromatic N) is 3. The average molecular weight is 631 g/mol. The van der Waals surface area contributed by atoms with Gasteiger partial charge >= 0.3 is 0 Å². The fraction of sp³-hybridized carbons (Fsp3) is 0.212. The van der Waals surface area contributed by atoms with Gasteiger partial charge in [-0.1, -0.05) is 78.7 Å². The number of nitriles is 1. The molecule has 4 rings (SSSR count). The largest absolute Gasteiger partial charge is 0.497 e. The number of anilines is 1. The van der Waals surface area contributed by atoms with E-state index in [9.17, 15) is 4.79 Å². The number of carbonyl (C=O) groups is 1. The summed E-state index contributed by atoms with van der Waals surface area (Å²) in [7, 11) is 3.25. The lowest BCUT2D eigenvalue weighted by atomic mass is 10.1. The van der Waals surface area contributed by atoms with Crippen LogP contribution in [0.3, 0.4) is 0 Å². The normalized spacial score (nSPS) is 9.98. The van der Waals surface area contributed by atoms with Crippen molar-refractivity contribution < 1.29 is 23.7 Å². The smallest absolute Gasteiger partial charge is 0.267 e. The molecule has 0 bridgehead atoms. The quantitative estimate of drug-likeness (QED) is 0.0535. The molecule has 1 aromatic heterocycles. The van der Waals surface area contributed by atoms with E-state index >= 15 is 0 Å². The van der Waals surface area contributed by atoms with Crippen molar-refractivity contribution in [2.75, 3.05) is 32.8 Å². The summed E-state index contributed by atoms with van der Waals surface area (Å²) < 4.78 is 22.7. The van der Waals surface area contributed by atoms with Crippen LogP contribution in [0.5, 0.6) is 23.0 Å². The van der Waals surface area contributed by atoms with Crippen LogP contribution in [0, 0.1) is 25.2 Å². The van der Waals surface area contributed by atoms with E-state index in [-0.39, 0.29) is 5.57 Å². The highest BCUT2D eigenvalue weighted by atomic mass is 32.2. The van der Waals surface area contributed by atoms with Crippen LogP contribution in [0.15, 0.2) is 83.7 Å². The first-order chi connectivity index (χ1) is 21.3. The van der Waals surface area contributed by atoms with E-state index < -0.39 is 5.91 Å². The van der Waals surface area contributed by atoms with Crippen molar-refractivity contribution >= 4 is 40.2 Å². The Bertz CT molecular complexity index is 1590. The molecule has 0 spiro atoms. The Kier molecular flexibility index (Phi) is 13.3. The van der Waals surface area contributed by atoms with Crippen LogP contribution in [0.25, 0.3) is 6.08 Å². The number of aromatic nitrogens is 2. The van der Waals surface area contributed by atoms with E-state index in [1.54, 1.807) is 26.4 Å². The van der Waals surface area contributed by atoms with Gasteiger partial charge in [0.05, 0.1) is 14.2 Å². The molecule has 1 N–H and O–H groups in total. The molecule has 0 radical (unpaired) electrons. The number of para-hydroxylation sites is 1. The average Bonchev–Trinajstić information content (AvgIpc) is 3.50. The Morgan fingerprint density at radius 1 is 1.00 bits per heavy atom. The summed E-state index contributed by atoms with van der Waals surface area (Å²) in [5.74, 6) is 3.32. The molecular weight excluding hydrogens is 597 g/mol. The Labute approximate surface area is 266 Å². The van der Waals surface area contributed by atoms with Gasteiger partial charge in [0, 0.05) is 5.75 Å². The molecule has 228 valence electrons. The van der Waals surface area contributed by atoms with Gasteiger partial charge in [0.1, 0.15) is 36.4 Å². The number of hydrogen-bond donors (Lipinski definition) is 1. The van der Waals surface area contributed by atoms with Crippen molar-refractivity contribution in [1.82, 2.24) is 10.2 Å². The fourth-order valence-corrected chi connectivity index (χ4v) is 5.36. The molecule has 0 unspecified atom stereocenters. The summed E-state index contributed by atoms with van der Waals surface area (Å²) >= 11 is 2.76. The lowest BCUT2D eigenvalue weighted by Crippen LogP contribution is -2.12. The second-order valence-corrected chi connectivity index (χ2v) is 11.3. The minimum Gasteiger partial charge on any atom is -0.497 e. The van der Waals surface area contributed by atoms with Crippen molar-refractivity contribution in [3.8, 4) is 29.1 Å². The molecule has 0 aliphatic carbocycles. The predicted molar refractivity (Wildman–Crippen MR) is 176 cm³/mol. The maximum Gasteiger partial charge on any atom is 0.267 e. The third-order valence-corrected chi connectivity index (χ3v) is 8.02. The molecule has 0 saturated carbocycles. The minimum absolute atomic E-state index is 0.164. The van der Waals surface area contributed by atoms with E-state index in [2.05, 4.69) is 28.7 Å². The van der Waals surface area contributed by atoms with Crippen molar-refractivity contribution in [1.29, 1.82) is 5.26 Å². The highest BCUT2D eigenvalue weighted by molar-refractivity contribution is 8.00. The van der Waals surface area contributed by atoms with Crippen LogP contribution in [-0.4, -0.2) is 43.5 Å². The summed E-state index contributed by atoms with van der Waals surface area (Å²) in [5.41, 5.74) is 4.23. The van der Waals surface area contributed by atoms with Crippen LogP contribution >= 0.6 is 23.1 Å². The monoisotopic (exact) mass is 630 g/mol. The van der Waals surface area contributed by atoms with Crippen molar-refractivity contribution in [2.45, 2.75) is 23.9 Å². The third-order valence-electron chi connectivity index (χ3n) is 5.98. The predicted octanol–water partition coefficient (Wildman–Crippen LogP) is 7.27. The molecule has 1 heterocycles. The molecular formula is C33H34N4O5S2. The number of methoxy groups -OCH3 is 2. The number of aryl methyl sites for hydroxylation is 2. The first kappa shape index (κ1) is 33.7. The van der Waals surface area contributed by atoms with E-state index in [4.69, 9.17) is 24.2 Å². The number of rotatable bonds is 13. The number of amides is 1. The molecule has 0 aliphatic heterocycles. The van der Waals surface area contributed by atoms with Gasteiger partial charge in [0.15, 0.2) is 15.8 Å². The van der Waals surface area contributed by atoms with Gasteiger partial charge in [-0.2, -0.15) is 5.26 Å². The summed E-state index contributed by atoms with van der Waals surface area (Å²) in [5, 5.41) is 19.2. The second-order valence-electron chi connectivity index (χ2n) is 9.09. The maximum absolute atomic E-state index is 11.5. The third kappa shape index (κ3) is 10.2. The van der Waals surface area contributed by atoms with Gasteiger partial charge in [-0.15, -0.1) is 10.2 Å². The highest BCUT2D eigenvalue weighted by Gasteiger charge is 2.11. The first-order valence-corrected chi connectivity index (χ1v) is 15.2. The first-order valence-electron chi connectivity index (χ1n) is 13.4. The SMILES string of the molecule is C=C(C#N)C(=O)Nc1nnc(SCc2ccc(OC)cc2)s1.C=Cc1ccc(OCCOc2c(C)cccc2C)c(OC)c1. The van der Waals surface area contributed by atoms with Gasteiger partial charge in [-0.05, 0) is 60.4 Å². The Morgan fingerprint density at radius 2 is 1.70 bits per heavy atom. The highest BCUT2D eigenvalue weighted by Crippen LogP contribution is 2.30. The Hall–Kier alpha value is -4.79. The standard InChI is InChI=1S/C19H22O3.C14H12N4O2S2/c1-5-16-9-10-17(18(13-16)20-4)21-11-12-22-19-14(2)7-6-8-15(19)3;1-9(7-15)12(19)16-13-17-18-14(22-13)21-8-10-3-5-11(20-2)6-4-10/h5-10,13H,1,11-12H2,2-4H3;3-6H,1,8H2,2H3,(H,16,17,19). The zero-order valence-electron chi connectivity index (χ0n) is 25.1. The fourth-order valence-electron chi connectivity index (χ4n) is 3.66. The maximum atomic E-state index is 11.5. The Morgan fingerprint density at radius 3 is 2.34 bits per heavy atom. The van der Waals surface area contributed by atoms with Gasteiger partial charge < -0.3 is 18.9 Å². The molecule has 0 aliphatic rings. The molecule has 11 heteroatoms. The van der Waals surface area contributed by atoms with Crippen molar-refractivity contribution in [3.05, 3.63) is 102 Å². The zero-order chi connectivity index (χ0) is 31.9. The number of carbonyl (C=O) groups excluding carboxylic acids is 1. The van der Waals surface area contributed by atoms with E-state index in [0.717, 1.165) is 43.8 Å². The van der Waals surface area contributed by atoms with Gasteiger partial charge in [-0.25, -0.2) is 0 Å². The lowest BCUT2D eigenvalue weighted by Gasteiger charge is -2.14. The lowest BCUT2D eigenvalue weighted by molar-refractivity contribution is -0.112. The van der Waals surface area contributed by atoms with E-state index in [1.807, 2.05) is 74.5 Å². The molecule has 1 amide bonds. The van der Waals surface area contributed by atoms with Crippen LogP contribution in [0.4, 0.5) is 5.13 Å². The molecule has 9 nitrogen and oxygen atoms in total. The number of thioether (sulfide) groups is 1. The minimum atomic E-state index is -0.564. The van der Waals surface area contributed by atoms with Crippen molar-refractivity contribution in [2.24, 2.45) is 0 Å². The van der Waals surface area contributed by atoms with Crippen LogP contribution in [-0.2, 0) is 10.5 Å². The molecule has 0 saturated heterocycles. The van der Waals surface area contributed by atoms with Crippen LogP contribution in [0.1, 0.15) is 22.3 Å². The molecule has 3 aromatic carbocycles. The topological polar surface area (TPSA) is 116 Å². The summed E-state index contributed by atoms with van der Waals surface area (Å²) in [6.45, 7) is 12.1. The Balaban J connectivity index is 0.000000240. The summed E-state index contributed by atoms with van der Waals surface area (Å²) in [4.78, 5) is 11.5. The molecule has 0 atom stereocenters. The van der Waals surface area contributed by atoms with Crippen molar-refractivity contribution in [3.63, 3.8) is 0 Å². The summed E-state index contributed by atoms with van der Waals surface area (Å²) in [6, 6.07) is 21.3. The molecule has 0 fully saturated rings. The number of ether oxygens (including phenoxy) is 4. The van der Waals surface area contributed by atoms with Gasteiger partial charge in [0.2, 0.25) is 5.13 Å². The molecule has 44 heavy (non-hydrogen) atoms. The zero-order valence-corrected chi connectivity index (χ0v) is 26.7. The van der Waals surface area contributed by atoms with Crippen LogP contribution < -0.4 is 24.3 Å².